The Hall–Kier alpha value is -3.06. The lowest BCUT2D eigenvalue weighted by Crippen LogP contribution is -2.03. The van der Waals surface area contributed by atoms with Crippen LogP contribution in [0.5, 0.6) is 5.75 Å². The molecule has 3 rings (SSSR count). The van der Waals surface area contributed by atoms with E-state index in [-0.39, 0.29) is 11.7 Å². The molecule has 0 spiro atoms. The second-order valence-corrected chi connectivity index (χ2v) is 5.39. The number of carbonyl (C=O) groups excluding carboxylic acids is 1. The monoisotopic (exact) mass is 290 g/mol. The zero-order valence-corrected chi connectivity index (χ0v) is 12.3. The van der Waals surface area contributed by atoms with Crippen molar-refractivity contribution in [3.05, 3.63) is 58.1 Å². The molecule has 108 valence electrons. The molecule has 2 aromatic rings. The second-order valence-electron chi connectivity index (χ2n) is 5.39. The van der Waals surface area contributed by atoms with Gasteiger partial charge in [0.2, 0.25) is 0 Å². The Morgan fingerprint density at radius 3 is 2.50 bits per heavy atom. The van der Waals surface area contributed by atoms with E-state index in [0.29, 0.717) is 16.8 Å². The number of anilines is 1. The number of nitrogens with zero attached hydrogens (tertiary/aromatic N) is 1. The first-order valence-electron chi connectivity index (χ1n) is 6.87. The molecule has 0 saturated heterocycles. The SMILES string of the molecule is Cc1cc(/C=C2/C(=O)Nc3ccc(C#N)cc32)cc(C)c1O. The van der Waals surface area contributed by atoms with Crippen LogP contribution >= 0.6 is 0 Å². The molecule has 1 heterocycles. The number of aromatic hydroxyl groups is 1. The topological polar surface area (TPSA) is 73.1 Å². The molecule has 22 heavy (non-hydrogen) atoms. The minimum atomic E-state index is -0.187. The van der Waals surface area contributed by atoms with Gasteiger partial charge in [0.25, 0.3) is 5.91 Å². The van der Waals surface area contributed by atoms with E-state index in [4.69, 9.17) is 5.26 Å². The highest BCUT2D eigenvalue weighted by Crippen LogP contribution is 2.34. The second kappa shape index (κ2) is 5.05. The maximum atomic E-state index is 12.2. The third kappa shape index (κ3) is 2.23. The zero-order valence-electron chi connectivity index (χ0n) is 12.3. The molecular formula is C18H14N2O2. The van der Waals surface area contributed by atoms with Crippen LogP contribution in [0.1, 0.15) is 27.8 Å². The minimum Gasteiger partial charge on any atom is -0.507 e. The molecule has 0 fully saturated rings. The number of benzene rings is 2. The predicted molar refractivity (Wildman–Crippen MR) is 85.2 cm³/mol. The Bertz CT molecular complexity index is 850. The van der Waals surface area contributed by atoms with E-state index in [1.165, 1.54) is 0 Å². The number of rotatable bonds is 1. The molecule has 2 aromatic carbocycles. The summed E-state index contributed by atoms with van der Waals surface area (Å²) in [5.41, 5.74) is 4.84. The lowest BCUT2D eigenvalue weighted by atomic mass is 9.99. The summed E-state index contributed by atoms with van der Waals surface area (Å²) in [6, 6.07) is 10.9. The molecule has 4 nitrogen and oxygen atoms in total. The van der Waals surface area contributed by atoms with Crippen LogP contribution in [0.15, 0.2) is 30.3 Å². The van der Waals surface area contributed by atoms with Gasteiger partial charge in [0, 0.05) is 16.8 Å². The van der Waals surface area contributed by atoms with Gasteiger partial charge in [-0.2, -0.15) is 5.26 Å². The number of phenolic OH excluding ortho intramolecular Hbond substituents is 1. The lowest BCUT2D eigenvalue weighted by Gasteiger charge is -2.06. The highest BCUT2D eigenvalue weighted by atomic mass is 16.3. The first-order chi connectivity index (χ1) is 10.5. The van der Waals surface area contributed by atoms with Crippen molar-refractivity contribution < 1.29 is 9.90 Å². The van der Waals surface area contributed by atoms with Crippen LogP contribution in [0.4, 0.5) is 5.69 Å². The highest BCUT2D eigenvalue weighted by Gasteiger charge is 2.24. The molecular weight excluding hydrogens is 276 g/mol. The minimum absolute atomic E-state index is 0.187. The molecule has 0 bridgehead atoms. The van der Waals surface area contributed by atoms with Crippen molar-refractivity contribution >= 4 is 23.2 Å². The van der Waals surface area contributed by atoms with Gasteiger partial charge >= 0.3 is 0 Å². The number of hydrogen-bond acceptors (Lipinski definition) is 3. The zero-order chi connectivity index (χ0) is 15.9. The summed E-state index contributed by atoms with van der Waals surface area (Å²) in [6.07, 6.45) is 1.78. The molecule has 0 atom stereocenters. The number of aryl methyl sites for hydroxylation is 2. The van der Waals surface area contributed by atoms with Gasteiger partial charge in [0.1, 0.15) is 5.75 Å². The van der Waals surface area contributed by atoms with E-state index >= 15 is 0 Å². The van der Waals surface area contributed by atoms with E-state index in [9.17, 15) is 9.90 Å². The third-order valence-electron chi connectivity index (χ3n) is 3.76. The molecule has 0 radical (unpaired) electrons. The van der Waals surface area contributed by atoms with Gasteiger partial charge < -0.3 is 10.4 Å². The largest absolute Gasteiger partial charge is 0.507 e. The van der Waals surface area contributed by atoms with Crippen LogP contribution in [0.3, 0.4) is 0 Å². The smallest absolute Gasteiger partial charge is 0.256 e. The predicted octanol–water partition coefficient (Wildman–Crippen LogP) is 3.37. The number of nitrogens with one attached hydrogen (secondary N) is 1. The van der Waals surface area contributed by atoms with Gasteiger partial charge in [0.05, 0.1) is 11.6 Å². The number of hydrogen-bond donors (Lipinski definition) is 2. The molecule has 4 heteroatoms. The quantitative estimate of drug-likeness (QED) is 0.791. The first-order valence-corrected chi connectivity index (χ1v) is 6.87. The Morgan fingerprint density at radius 2 is 1.86 bits per heavy atom. The number of nitriles is 1. The van der Waals surface area contributed by atoms with E-state index in [1.54, 1.807) is 24.3 Å². The number of amides is 1. The van der Waals surface area contributed by atoms with Crippen LogP contribution in [0.25, 0.3) is 11.6 Å². The summed E-state index contributed by atoms with van der Waals surface area (Å²) in [5, 5.41) is 21.6. The van der Waals surface area contributed by atoms with E-state index in [0.717, 1.165) is 22.3 Å². The van der Waals surface area contributed by atoms with Gasteiger partial charge in [-0.3, -0.25) is 4.79 Å². The molecule has 0 aromatic heterocycles. The Morgan fingerprint density at radius 1 is 1.18 bits per heavy atom. The average Bonchev–Trinajstić information content (AvgIpc) is 2.80. The van der Waals surface area contributed by atoms with Crippen LogP contribution in [0.2, 0.25) is 0 Å². The highest BCUT2D eigenvalue weighted by molar-refractivity contribution is 6.35. The third-order valence-corrected chi connectivity index (χ3v) is 3.76. The van der Waals surface area contributed by atoms with Crippen molar-refractivity contribution in [1.82, 2.24) is 0 Å². The van der Waals surface area contributed by atoms with E-state index < -0.39 is 0 Å². The van der Waals surface area contributed by atoms with Crippen LogP contribution < -0.4 is 5.32 Å². The summed E-state index contributed by atoms with van der Waals surface area (Å²) in [6.45, 7) is 3.64. The fourth-order valence-corrected chi connectivity index (χ4v) is 2.64. The summed E-state index contributed by atoms with van der Waals surface area (Å²) in [7, 11) is 0. The molecule has 0 saturated carbocycles. The summed E-state index contributed by atoms with van der Waals surface area (Å²) in [4.78, 5) is 12.2. The molecule has 1 aliphatic heterocycles. The van der Waals surface area contributed by atoms with Crippen molar-refractivity contribution in [2.24, 2.45) is 0 Å². The molecule has 0 aliphatic carbocycles. The van der Waals surface area contributed by atoms with Crippen molar-refractivity contribution in [2.75, 3.05) is 5.32 Å². The molecule has 2 N–H and O–H groups in total. The van der Waals surface area contributed by atoms with Crippen molar-refractivity contribution in [2.45, 2.75) is 13.8 Å². The molecule has 1 aliphatic rings. The number of carbonyl (C=O) groups is 1. The maximum absolute atomic E-state index is 12.2. The van der Waals surface area contributed by atoms with Gasteiger partial charge in [-0.05, 0) is 66.9 Å². The van der Waals surface area contributed by atoms with Gasteiger partial charge in [0.15, 0.2) is 0 Å². The summed E-state index contributed by atoms with van der Waals surface area (Å²) >= 11 is 0. The van der Waals surface area contributed by atoms with Crippen molar-refractivity contribution in [3.63, 3.8) is 0 Å². The standard InChI is InChI=1S/C18H14N2O2/c1-10-5-13(6-11(2)17(10)21)8-15-14-7-12(9-19)3-4-16(14)20-18(15)22/h3-8,21H,1-2H3,(H,20,22)/b15-8+. The van der Waals surface area contributed by atoms with Crippen LogP contribution in [0, 0.1) is 25.2 Å². The Kier molecular flexibility index (Phi) is 3.19. The first kappa shape index (κ1) is 13.9. The fraction of sp³-hybridized carbons (Fsp3) is 0.111. The van der Waals surface area contributed by atoms with Crippen molar-refractivity contribution in [1.29, 1.82) is 5.26 Å². The van der Waals surface area contributed by atoms with E-state index in [1.807, 2.05) is 26.0 Å². The van der Waals surface area contributed by atoms with Gasteiger partial charge in [-0.15, -0.1) is 0 Å². The lowest BCUT2D eigenvalue weighted by molar-refractivity contribution is -0.110. The van der Waals surface area contributed by atoms with E-state index in [2.05, 4.69) is 11.4 Å². The average molecular weight is 290 g/mol. The maximum Gasteiger partial charge on any atom is 0.256 e. The summed E-state index contributed by atoms with van der Waals surface area (Å²) in [5.74, 6) is 0.0821. The van der Waals surface area contributed by atoms with Gasteiger partial charge in [-0.25, -0.2) is 0 Å². The van der Waals surface area contributed by atoms with Crippen molar-refractivity contribution in [3.8, 4) is 11.8 Å². The Labute approximate surface area is 128 Å². The van der Waals surface area contributed by atoms with Gasteiger partial charge in [-0.1, -0.05) is 0 Å². The Balaban J connectivity index is 2.14. The van der Waals surface area contributed by atoms with Crippen LogP contribution in [-0.2, 0) is 4.79 Å². The number of phenols is 1. The number of fused-ring (bicyclic) bond motifs is 1. The molecule has 0 unspecified atom stereocenters. The fourth-order valence-electron chi connectivity index (χ4n) is 2.64. The van der Waals surface area contributed by atoms with Crippen LogP contribution in [-0.4, -0.2) is 11.0 Å². The normalized spacial score (nSPS) is 14.6. The summed E-state index contributed by atoms with van der Waals surface area (Å²) < 4.78 is 0. The molecule has 1 amide bonds.